The highest BCUT2D eigenvalue weighted by Gasteiger charge is 2.19. The number of thiophene rings is 1. The van der Waals surface area contributed by atoms with E-state index in [1.807, 2.05) is 17.5 Å². The average Bonchev–Trinajstić information content (AvgIpc) is 3.00. The minimum atomic E-state index is -0.899. The molecular weight excluding hydrogens is 324 g/mol. The van der Waals surface area contributed by atoms with Crippen molar-refractivity contribution in [3.8, 4) is 0 Å². The number of benzene rings is 1. The molecule has 5 nitrogen and oxygen atoms in total. The van der Waals surface area contributed by atoms with Crippen LogP contribution in [0.15, 0.2) is 35.7 Å². The SMILES string of the molecule is CC(OC(=O)c1ccc(Cl)c(N)c1)C(=O)NCc1cccs1. The Balaban J connectivity index is 1.89. The zero-order valence-corrected chi connectivity index (χ0v) is 13.4. The van der Waals surface area contributed by atoms with Crippen molar-refractivity contribution in [3.63, 3.8) is 0 Å². The van der Waals surface area contributed by atoms with Gasteiger partial charge in [-0.3, -0.25) is 4.79 Å². The lowest BCUT2D eigenvalue weighted by Gasteiger charge is -2.13. The lowest BCUT2D eigenvalue weighted by molar-refractivity contribution is -0.129. The van der Waals surface area contributed by atoms with Gasteiger partial charge in [0.2, 0.25) is 0 Å². The number of nitrogens with one attached hydrogen (secondary N) is 1. The van der Waals surface area contributed by atoms with Gasteiger partial charge in [0.05, 0.1) is 22.8 Å². The summed E-state index contributed by atoms with van der Waals surface area (Å²) in [5.74, 6) is -0.981. The van der Waals surface area contributed by atoms with Crippen LogP contribution in [0, 0.1) is 0 Å². The maximum absolute atomic E-state index is 12.0. The first-order valence-corrected chi connectivity index (χ1v) is 7.79. The quantitative estimate of drug-likeness (QED) is 0.648. The summed E-state index contributed by atoms with van der Waals surface area (Å²) in [7, 11) is 0. The minimum Gasteiger partial charge on any atom is -0.449 e. The van der Waals surface area contributed by atoms with Crippen LogP contribution in [0.1, 0.15) is 22.2 Å². The molecule has 0 aliphatic carbocycles. The summed E-state index contributed by atoms with van der Waals surface area (Å²) in [5.41, 5.74) is 6.17. The number of carbonyl (C=O) groups is 2. The summed E-state index contributed by atoms with van der Waals surface area (Å²) >= 11 is 7.33. The first kappa shape index (κ1) is 16.3. The Bertz CT molecular complexity index is 673. The highest BCUT2D eigenvalue weighted by Crippen LogP contribution is 2.20. The fourth-order valence-corrected chi connectivity index (χ4v) is 2.45. The lowest BCUT2D eigenvalue weighted by Crippen LogP contribution is -2.35. The number of hydrogen-bond acceptors (Lipinski definition) is 5. The van der Waals surface area contributed by atoms with Gasteiger partial charge in [0.1, 0.15) is 0 Å². The van der Waals surface area contributed by atoms with E-state index in [1.54, 1.807) is 11.3 Å². The number of carbonyl (C=O) groups excluding carboxylic acids is 2. The summed E-state index contributed by atoms with van der Waals surface area (Å²) in [6, 6.07) is 8.24. The van der Waals surface area contributed by atoms with Gasteiger partial charge < -0.3 is 15.8 Å². The van der Waals surface area contributed by atoms with E-state index in [2.05, 4.69) is 5.32 Å². The highest BCUT2D eigenvalue weighted by molar-refractivity contribution is 7.09. The van der Waals surface area contributed by atoms with Crippen molar-refractivity contribution < 1.29 is 14.3 Å². The molecule has 0 radical (unpaired) electrons. The Labute approximate surface area is 137 Å². The Kier molecular flexibility index (Phi) is 5.41. The van der Waals surface area contributed by atoms with Crippen molar-refractivity contribution >= 4 is 40.5 Å². The third kappa shape index (κ3) is 4.22. The summed E-state index contributed by atoms with van der Waals surface area (Å²) in [6.45, 7) is 1.92. The van der Waals surface area contributed by atoms with Gasteiger partial charge in [-0.25, -0.2) is 4.79 Å². The smallest absolute Gasteiger partial charge is 0.338 e. The maximum Gasteiger partial charge on any atom is 0.338 e. The Morgan fingerprint density at radius 3 is 2.82 bits per heavy atom. The van der Waals surface area contributed by atoms with Gasteiger partial charge in [0.25, 0.3) is 5.91 Å². The van der Waals surface area contributed by atoms with Crippen LogP contribution in [-0.2, 0) is 16.1 Å². The van der Waals surface area contributed by atoms with Gasteiger partial charge in [-0.15, -0.1) is 11.3 Å². The summed E-state index contributed by atoms with van der Waals surface area (Å²) in [6.07, 6.45) is -0.899. The van der Waals surface area contributed by atoms with E-state index in [9.17, 15) is 9.59 Å². The minimum absolute atomic E-state index is 0.250. The molecule has 1 heterocycles. The molecule has 22 heavy (non-hydrogen) atoms. The van der Waals surface area contributed by atoms with E-state index < -0.39 is 12.1 Å². The van der Waals surface area contributed by atoms with Crippen LogP contribution < -0.4 is 11.1 Å². The molecule has 0 aliphatic heterocycles. The Morgan fingerprint density at radius 2 is 2.18 bits per heavy atom. The molecule has 0 saturated heterocycles. The molecular formula is C15H15ClN2O3S. The van der Waals surface area contributed by atoms with Crippen molar-refractivity contribution in [2.24, 2.45) is 0 Å². The third-order valence-corrected chi connectivity index (χ3v) is 4.12. The fraction of sp³-hybridized carbons (Fsp3) is 0.200. The molecule has 0 aliphatic rings. The van der Waals surface area contributed by atoms with Gasteiger partial charge >= 0.3 is 5.97 Å². The summed E-state index contributed by atoms with van der Waals surface area (Å²) < 4.78 is 5.12. The second kappa shape index (κ2) is 7.29. The molecule has 1 aromatic heterocycles. The number of esters is 1. The molecule has 116 valence electrons. The van der Waals surface area contributed by atoms with Crippen LogP contribution in [0.25, 0.3) is 0 Å². The number of ether oxygens (including phenoxy) is 1. The van der Waals surface area contributed by atoms with Crippen molar-refractivity contribution in [2.75, 3.05) is 5.73 Å². The monoisotopic (exact) mass is 338 g/mol. The topological polar surface area (TPSA) is 81.4 Å². The van der Waals surface area contributed by atoms with Gasteiger partial charge in [0, 0.05) is 4.88 Å². The number of hydrogen-bond donors (Lipinski definition) is 2. The van der Waals surface area contributed by atoms with Crippen molar-refractivity contribution in [2.45, 2.75) is 19.6 Å². The van der Waals surface area contributed by atoms with Crippen LogP contribution in [0.5, 0.6) is 0 Å². The van der Waals surface area contributed by atoms with Crippen LogP contribution >= 0.6 is 22.9 Å². The molecule has 2 aromatic rings. The zero-order valence-electron chi connectivity index (χ0n) is 11.8. The normalized spacial score (nSPS) is 11.7. The predicted molar refractivity (Wildman–Crippen MR) is 86.9 cm³/mol. The third-order valence-electron chi connectivity index (χ3n) is 2.90. The molecule has 3 N–H and O–H groups in total. The van der Waals surface area contributed by atoms with E-state index in [0.717, 1.165) is 4.88 Å². The van der Waals surface area contributed by atoms with E-state index in [-0.39, 0.29) is 17.2 Å². The standard InChI is InChI=1S/C15H15ClN2O3S/c1-9(14(19)18-8-11-3-2-6-22-11)21-15(20)10-4-5-12(16)13(17)7-10/h2-7,9H,8,17H2,1H3,(H,18,19). The summed E-state index contributed by atoms with van der Waals surface area (Å²) in [4.78, 5) is 24.9. The number of anilines is 1. The molecule has 1 unspecified atom stereocenters. The van der Waals surface area contributed by atoms with Gasteiger partial charge in [-0.2, -0.15) is 0 Å². The highest BCUT2D eigenvalue weighted by atomic mass is 35.5. The van der Waals surface area contributed by atoms with Gasteiger partial charge in [-0.05, 0) is 36.6 Å². The van der Waals surface area contributed by atoms with E-state index in [0.29, 0.717) is 11.6 Å². The molecule has 1 aromatic carbocycles. The number of nitrogens with two attached hydrogens (primary N) is 1. The molecule has 1 amide bonds. The molecule has 0 fully saturated rings. The van der Waals surface area contributed by atoms with Crippen molar-refractivity contribution in [1.29, 1.82) is 0 Å². The van der Waals surface area contributed by atoms with Crippen molar-refractivity contribution in [3.05, 3.63) is 51.2 Å². The molecule has 0 saturated carbocycles. The number of amides is 1. The van der Waals surface area contributed by atoms with Crippen LogP contribution in [-0.4, -0.2) is 18.0 Å². The largest absolute Gasteiger partial charge is 0.449 e. The van der Waals surface area contributed by atoms with E-state index in [1.165, 1.54) is 25.1 Å². The Morgan fingerprint density at radius 1 is 1.41 bits per heavy atom. The van der Waals surface area contributed by atoms with Crippen LogP contribution in [0.4, 0.5) is 5.69 Å². The molecule has 2 rings (SSSR count). The zero-order chi connectivity index (χ0) is 16.1. The average molecular weight is 339 g/mol. The van der Waals surface area contributed by atoms with Gasteiger partial charge in [0.15, 0.2) is 6.10 Å². The van der Waals surface area contributed by atoms with E-state index in [4.69, 9.17) is 22.1 Å². The second-order valence-corrected chi connectivity index (χ2v) is 6.02. The fourth-order valence-electron chi connectivity index (χ4n) is 1.68. The van der Waals surface area contributed by atoms with Crippen molar-refractivity contribution in [1.82, 2.24) is 5.32 Å². The lowest BCUT2D eigenvalue weighted by atomic mass is 10.2. The van der Waals surface area contributed by atoms with E-state index >= 15 is 0 Å². The first-order valence-electron chi connectivity index (χ1n) is 6.53. The maximum atomic E-state index is 12.0. The summed E-state index contributed by atoms with van der Waals surface area (Å²) in [5, 5.41) is 5.00. The number of nitrogen functional groups attached to an aromatic ring is 1. The number of halogens is 1. The second-order valence-electron chi connectivity index (χ2n) is 4.58. The van der Waals surface area contributed by atoms with Crippen LogP contribution in [0.3, 0.4) is 0 Å². The first-order chi connectivity index (χ1) is 10.5. The Hall–Kier alpha value is -2.05. The molecule has 0 spiro atoms. The number of rotatable bonds is 5. The molecule has 7 heteroatoms. The predicted octanol–water partition coefficient (Wildman–Crippen LogP) is 2.85. The van der Waals surface area contributed by atoms with Crippen LogP contribution in [0.2, 0.25) is 5.02 Å². The molecule has 0 bridgehead atoms. The molecule has 1 atom stereocenters. The van der Waals surface area contributed by atoms with Gasteiger partial charge in [-0.1, -0.05) is 17.7 Å².